The highest BCUT2D eigenvalue weighted by molar-refractivity contribution is 5.42. The first-order valence-electron chi connectivity index (χ1n) is 5.66. The number of hydrogen-bond acceptors (Lipinski definition) is 4. The average molecular weight is 278 g/mol. The smallest absolute Gasteiger partial charge is 0.389 e. The number of benzene rings is 1. The molecule has 0 aliphatic heterocycles. The first-order chi connectivity index (χ1) is 8.91. The Morgan fingerprint density at radius 2 is 1.95 bits per heavy atom. The molecule has 0 saturated heterocycles. The van der Waals surface area contributed by atoms with Crippen LogP contribution in [0, 0.1) is 0 Å². The van der Waals surface area contributed by atoms with E-state index in [-0.39, 0.29) is 6.42 Å². The van der Waals surface area contributed by atoms with E-state index < -0.39 is 18.6 Å². The third-order valence-corrected chi connectivity index (χ3v) is 2.73. The fourth-order valence-electron chi connectivity index (χ4n) is 1.75. The Labute approximate surface area is 109 Å². The molecule has 4 nitrogen and oxygen atoms in total. The van der Waals surface area contributed by atoms with Crippen LogP contribution in [-0.2, 0) is 0 Å². The molecule has 0 amide bonds. The number of ether oxygens (including phenoxy) is 2. The second-order valence-electron chi connectivity index (χ2n) is 3.98. The van der Waals surface area contributed by atoms with Crippen LogP contribution in [0.3, 0.4) is 0 Å². The Balaban J connectivity index is 2.95. The number of halogens is 3. The molecule has 0 heterocycles. The number of nitrogens with one attached hydrogen (secondary N) is 1. The lowest BCUT2D eigenvalue weighted by Crippen LogP contribution is -2.29. The Bertz CT molecular complexity index is 410. The molecule has 1 atom stereocenters. The van der Waals surface area contributed by atoms with Gasteiger partial charge in [-0.2, -0.15) is 13.2 Å². The van der Waals surface area contributed by atoms with Crippen molar-refractivity contribution in [3.05, 3.63) is 23.8 Å². The monoisotopic (exact) mass is 278 g/mol. The number of nitrogens with two attached hydrogens (primary N) is 1. The van der Waals surface area contributed by atoms with Gasteiger partial charge in [-0.1, -0.05) is 0 Å². The van der Waals surface area contributed by atoms with Crippen molar-refractivity contribution in [2.75, 3.05) is 14.2 Å². The van der Waals surface area contributed by atoms with E-state index in [9.17, 15) is 13.2 Å². The second kappa shape index (κ2) is 6.63. The van der Waals surface area contributed by atoms with Gasteiger partial charge >= 0.3 is 6.18 Å². The van der Waals surface area contributed by atoms with Crippen LogP contribution >= 0.6 is 0 Å². The predicted molar refractivity (Wildman–Crippen MR) is 64.9 cm³/mol. The fourth-order valence-corrected chi connectivity index (χ4v) is 1.75. The highest BCUT2D eigenvalue weighted by Crippen LogP contribution is 2.33. The molecule has 3 N–H and O–H groups in total. The van der Waals surface area contributed by atoms with Gasteiger partial charge < -0.3 is 9.47 Å². The minimum absolute atomic E-state index is 0.177. The van der Waals surface area contributed by atoms with Gasteiger partial charge in [-0.25, -0.2) is 0 Å². The zero-order valence-corrected chi connectivity index (χ0v) is 10.8. The minimum atomic E-state index is -4.22. The molecule has 0 aliphatic rings. The molecule has 7 heteroatoms. The first kappa shape index (κ1) is 15.6. The SMILES string of the molecule is COc1ccc(OC)c(C(CCC(F)(F)F)NN)c1. The maximum absolute atomic E-state index is 12.3. The third kappa shape index (κ3) is 4.60. The number of hydrogen-bond donors (Lipinski definition) is 2. The van der Waals surface area contributed by atoms with Crippen molar-refractivity contribution in [2.45, 2.75) is 25.1 Å². The number of alkyl halides is 3. The minimum Gasteiger partial charge on any atom is -0.497 e. The van der Waals surface area contributed by atoms with Crippen LogP contribution in [0.25, 0.3) is 0 Å². The van der Waals surface area contributed by atoms with Gasteiger partial charge in [0.05, 0.1) is 20.3 Å². The van der Waals surface area contributed by atoms with Crippen LogP contribution in [0.15, 0.2) is 18.2 Å². The zero-order valence-electron chi connectivity index (χ0n) is 10.8. The maximum atomic E-state index is 12.3. The molecule has 108 valence electrons. The van der Waals surface area contributed by atoms with Crippen LogP contribution in [0.2, 0.25) is 0 Å². The van der Waals surface area contributed by atoms with E-state index in [4.69, 9.17) is 15.3 Å². The van der Waals surface area contributed by atoms with Gasteiger partial charge in [0.1, 0.15) is 11.5 Å². The highest BCUT2D eigenvalue weighted by Gasteiger charge is 2.29. The van der Waals surface area contributed by atoms with Gasteiger partial charge in [0.2, 0.25) is 0 Å². The number of methoxy groups -OCH3 is 2. The van der Waals surface area contributed by atoms with Crippen LogP contribution < -0.4 is 20.7 Å². The summed E-state index contributed by atoms with van der Waals surface area (Å²) in [5, 5.41) is 0. The largest absolute Gasteiger partial charge is 0.497 e. The van der Waals surface area contributed by atoms with Gasteiger partial charge in [0.15, 0.2) is 0 Å². The van der Waals surface area contributed by atoms with Crippen molar-refractivity contribution in [3.63, 3.8) is 0 Å². The molecule has 0 spiro atoms. The van der Waals surface area contributed by atoms with Gasteiger partial charge in [0, 0.05) is 12.0 Å². The topological polar surface area (TPSA) is 56.5 Å². The molecule has 1 rings (SSSR count). The van der Waals surface area contributed by atoms with Gasteiger partial charge in [0.25, 0.3) is 0 Å². The fraction of sp³-hybridized carbons (Fsp3) is 0.500. The lowest BCUT2D eigenvalue weighted by atomic mass is 10.0. The van der Waals surface area contributed by atoms with Gasteiger partial charge in [-0.15, -0.1) is 0 Å². The highest BCUT2D eigenvalue weighted by atomic mass is 19.4. The normalized spacial score (nSPS) is 13.2. The number of rotatable bonds is 6. The molecule has 0 bridgehead atoms. The summed E-state index contributed by atoms with van der Waals surface area (Å²) in [4.78, 5) is 0. The summed E-state index contributed by atoms with van der Waals surface area (Å²) >= 11 is 0. The zero-order chi connectivity index (χ0) is 14.5. The molecule has 1 aromatic rings. The van der Waals surface area contributed by atoms with Crippen LogP contribution in [0.5, 0.6) is 11.5 Å². The second-order valence-corrected chi connectivity index (χ2v) is 3.98. The lowest BCUT2D eigenvalue weighted by molar-refractivity contribution is -0.136. The molecule has 0 fully saturated rings. The van der Waals surface area contributed by atoms with E-state index in [2.05, 4.69) is 5.43 Å². The molecular formula is C12H17F3N2O2. The molecule has 0 aliphatic carbocycles. The van der Waals surface area contributed by atoms with E-state index in [0.29, 0.717) is 17.1 Å². The Morgan fingerprint density at radius 1 is 1.26 bits per heavy atom. The molecule has 1 unspecified atom stereocenters. The average Bonchev–Trinajstić information content (AvgIpc) is 2.38. The van der Waals surface area contributed by atoms with Crippen LogP contribution in [0.4, 0.5) is 13.2 Å². The molecular weight excluding hydrogens is 261 g/mol. The summed E-state index contributed by atoms with van der Waals surface area (Å²) in [7, 11) is 2.93. The van der Waals surface area contributed by atoms with Crippen LogP contribution in [0.1, 0.15) is 24.4 Å². The van der Waals surface area contributed by atoms with Crippen molar-refractivity contribution in [1.29, 1.82) is 0 Å². The summed E-state index contributed by atoms with van der Waals surface area (Å²) in [5.74, 6) is 6.33. The van der Waals surface area contributed by atoms with Crippen LogP contribution in [-0.4, -0.2) is 20.4 Å². The predicted octanol–water partition coefficient (Wildman–Crippen LogP) is 2.55. The van der Waals surface area contributed by atoms with E-state index in [1.54, 1.807) is 18.2 Å². The Kier molecular flexibility index (Phi) is 5.44. The van der Waals surface area contributed by atoms with E-state index in [1.807, 2.05) is 0 Å². The Hall–Kier alpha value is -1.47. The summed E-state index contributed by atoms with van der Waals surface area (Å²) in [6, 6.07) is 4.25. The molecule has 0 saturated carbocycles. The van der Waals surface area contributed by atoms with Crippen molar-refractivity contribution < 1.29 is 22.6 Å². The van der Waals surface area contributed by atoms with E-state index in [1.165, 1.54) is 14.2 Å². The maximum Gasteiger partial charge on any atom is 0.389 e. The summed E-state index contributed by atoms with van der Waals surface area (Å²) in [5.41, 5.74) is 2.92. The molecule has 0 radical (unpaired) electrons. The molecule has 19 heavy (non-hydrogen) atoms. The van der Waals surface area contributed by atoms with Gasteiger partial charge in [-0.05, 0) is 24.6 Å². The quantitative estimate of drug-likeness (QED) is 0.620. The third-order valence-electron chi connectivity index (χ3n) is 2.73. The summed E-state index contributed by atoms with van der Waals surface area (Å²) in [6.07, 6.45) is -5.33. The standard InChI is InChI=1S/C12H17F3N2O2/c1-18-8-3-4-11(19-2)9(7-8)10(17-16)5-6-12(13,14)15/h3-4,7,10,17H,5-6,16H2,1-2H3. The summed E-state index contributed by atoms with van der Waals surface area (Å²) < 4.78 is 47.0. The van der Waals surface area contributed by atoms with E-state index in [0.717, 1.165) is 0 Å². The van der Waals surface area contributed by atoms with Crippen molar-refractivity contribution >= 4 is 0 Å². The summed E-state index contributed by atoms with van der Waals surface area (Å²) in [6.45, 7) is 0. The Morgan fingerprint density at radius 3 is 2.42 bits per heavy atom. The van der Waals surface area contributed by atoms with Crippen molar-refractivity contribution in [2.24, 2.45) is 5.84 Å². The molecule has 1 aromatic carbocycles. The van der Waals surface area contributed by atoms with Gasteiger partial charge in [-0.3, -0.25) is 11.3 Å². The number of hydrazine groups is 1. The molecule has 0 aromatic heterocycles. The first-order valence-corrected chi connectivity index (χ1v) is 5.66. The van der Waals surface area contributed by atoms with E-state index >= 15 is 0 Å². The van der Waals surface area contributed by atoms with Crippen molar-refractivity contribution in [1.82, 2.24) is 5.43 Å². The van der Waals surface area contributed by atoms with Crippen molar-refractivity contribution in [3.8, 4) is 11.5 Å². The lowest BCUT2D eigenvalue weighted by Gasteiger charge is -2.20.